The Bertz CT molecular complexity index is 1460. The van der Waals surface area contributed by atoms with Crippen LogP contribution < -0.4 is 14.8 Å². The van der Waals surface area contributed by atoms with E-state index in [1.165, 1.54) is 21.0 Å². The molecule has 0 spiro atoms. The first kappa shape index (κ1) is 27.4. The third-order valence-electron chi connectivity index (χ3n) is 8.32. The number of nitriles is 1. The van der Waals surface area contributed by atoms with Crippen molar-refractivity contribution >= 4 is 12.0 Å². The highest BCUT2D eigenvalue weighted by atomic mass is 16.7. The highest BCUT2D eigenvalue weighted by Gasteiger charge is 2.53. The van der Waals surface area contributed by atoms with Gasteiger partial charge in [0.05, 0.1) is 25.3 Å². The number of amides is 1. The van der Waals surface area contributed by atoms with Gasteiger partial charge in [0.15, 0.2) is 29.8 Å². The van der Waals surface area contributed by atoms with Gasteiger partial charge in [0, 0.05) is 54.6 Å². The van der Waals surface area contributed by atoms with E-state index in [0.29, 0.717) is 29.2 Å². The number of nitrogens with one attached hydrogen (secondary N) is 1. The van der Waals surface area contributed by atoms with Crippen LogP contribution in [0.15, 0.2) is 11.8 Å². The lowest BCUT2D eigenvalue weighted by Crippen LogP contribution is -2.62. The third kappa shape index (κ3) is 3.90. The highest BCUT2D eigenvalue weighted by molar-refractivity contribution is 5.77. The van der Waals surface area contributed by atoms with Gasteiger partial charge >= 0.3 is 0 Å². The van der Waals surface area contributed by atoms with Gasteiger partial charge in [0.1, 0.15) is 11.8 Å². The first-order valence-corrected chi connectivity index (χ1v) is 13.0. The maximum absolute atomic E-state index is 12.0. The first-order chi connectivity index (χ1) is 19.1. The maximum atomic E-state index is 12.0. The van der Waals surface area contributed by atoms with Crippen molar-refractivity contribution in [1.29, 1.82) is 5.26 Å². The largest absolute Gasteiger partial charge is 0.507 e. The first-order valence-electron chi connectivity index (χ1n) is 13.0. The van der Waals surface area contributed by atoms with Crippen LogP contribution in [0.1, 0.15) is 52.4 Å². The van der Waals surface area contributed by atoms with Crippen LogP contribution in [0, 0.1) is 25.2 Å². The van der Waals surface area contributed by atoms with Crippen LogP contribution >= 0.6 is 0 Å². The van der Waals surface area contributed by atoms with Crippen LogP contribution in [-0.4, -0.2) is 77.7 Å². The zero-order valence-corrected chi connectivity index (χ0v) is 23.4. The van der Waals surface area contributed by atoms with Crippen LogP contribution in [-0.2, 0) is 16.0 Å². The summed E-state index contributed by atoms with van der Waals surface area (Å²) < 4.78 is 17.1. The number of likely N-dealkylation sites (N-methyl/N-ethyl adjacent to an activating group) is 1. The average molecular weight is 551 g/mol. The molecule has 5 rings (SSSR count). The van der Waals surface area contributed by atoms with Crippen molar-refractivity contribution in [2.75, 3.05) is 34.6 Å². The molecule has 2 aromatic rings. The molecule has 1 amide bonds. The zero-order valence-electron chi connectivity index (χ0n) is 23.4. The third-order valence-corrected chi connectivity index (χ3v) is 8.32. The summed E-state index contributed by atoms with van der Waals surface area (Å²) in [5, 5.41) is 46.3. The number of hydrogen-bond acceptors (Lipinski definition) is 10. The molecule has 11 nitrogen and oxygen atoms in total. The molecule has 3 aliphatic heterocycles. The Hall–Kier alpha value is -4.14. The lowest BCUT2D eigenvalue weighted by Gasteiger charge is -2.57. The minimum Gasteiger partial charge on any atom is -0.507 e. The Morgan fingerprint density at radius 3 is 2.50 bits per heavy atom. The minimum atomic E-state index is -0.753. The average Bonchev–Trinajstić information content (AvgIpc) is 2.92. The minimum absolute atomic E-state index is 0.00315. The van der Waals surface area contributed by atoms with Crippen molar-refractivity contribution in [3.8, 4) is 34.8 Å². The van der Waals surface area contributed by atoms with Crippen molar-refractivity contribution in [2.24, 2.45) is 0 Å². The summed E-state index contributed by atoms with van der Waals surface area (Å²) in [6.07, 6.45) is 2.29. The van der Waals surface area contributed by atoms with Gasteiger partial charge in [-0.05, 0) is 44.5 Å². The van der Waals surface area contributed by atoms with Crippen LogP contribution in [0.3, 0.4) is 0 Å². The van der Waals surface area contributed by atoms with Crippen molar-refractivity contribution < 1.29 is 34.3 Å². The van der Waals surface area contributed by atoms with Gasteiger partial charge in [-0.3, -0.25) is 9.69 Å². The second-order valence-corrected chi connectivity index (χ2v) is 10.5. The number of carbonyl (C=O) groups is 1. The Balaban J connectivity index is 1.84. The summed E-state index contributed by atoms with van der Waals surface area (Å²) in [6, 6.07) is 2.41. The monoisotopic (exact) mass is 550 g/mol. The molecule has 0 aromatic heterocycles. The number of hydrogen-bond donors (Lipinski definition) is 4. The SMILES string of the molecule is COCOc1c(OC)c(C)cc2c1[C@H]1C3=Cc4c(O)c(C)c(O)c(O)c4[C@H](CNC(C)=O)N3[C@@H](C#N)[C@H](C2)N1C. The predicted molar refractivity (Wildman–Crippen MR) is 145 cm³/mol. The fourth-order valence-corrected chi connectivity index (χ4v) is 6.54. The summed E-state index contributed by atoms with van der Waals surface area (Å²) in [5.41, 5.74) is 4.14. The molecule has 0 saturated carbocycles. The molecule has 1 saturated heterocycles. The fourth-order valence-electron chi connectivity index (χ4n) is 6.54. The van der Waals surface area contributed by atoms with Crippen LogP contribution in [0.2, 0.25) is 0 Å². The molecule has 1 fully saturated rings. The molecule has 4 atom stereocenters. The summed E-state index contributed by atoms with van der Waals surface area (Å²) in [6.45, 7) is 4.87. The van der Waals surface area contributed by atoms with E-state index in [1.807, 2.05) is 18.9 Å². The normalized spacial score (nSPS) is 22.8. The van der Waals surface area contributed by atoms with Gasteiger partial charge in [0.25, 0.3) is 0 Å². The van der Waals surface area contributed by atoms with Crippen LogP contribution in [0.5, 0.6) is 28.7 Å². The number of aryl methyl sites for hydroxylation is 1. The molecule has 0 radical (unpaired) electrons. The number of nitrogens with zero attached hydrogens (tertiary/aromatic N) is 3. The Morgan fingerprint density at radius 2 is 1.88 bits per heavy atom. The lowest BCUT2D eigenvalue weighted by molar-refractivity contribution is -0.119. The molecule has 11 heteroatoms. The van der Waals surface area contributed by atoms with Gasteiger partial charge in [-0.25, -0.2) is 0 Å². The topological polar surface area (TPSA) is 148 Å². The molecular formula is C29H34N4O7. The molecule has 212 valence electrons. The van der Waals surface area contributed by atoms with Crippen molar-refractivity contribution in [2.45, 2.75) is 51.4 Å². The molecule has 4 N–H and O–H groups in total. The van der Waals surface area contributed by atoms with E-state index in [0.717, 1.165) is 16.7 Å². The second-order valence-electron chi connectivity index (χ2n) is 10.5. The van der Waals surface area contributed by atoms with Crippen molar-refractivity contribution in [3.05, 3.63) is 45.1 Å². The molecule has 0 unspecified atom stereocenters. The summed E-state index contributed by atoms with van der Waals surface area (Å²) in [5.74, 6) is -0.199. The van der Waals surface area contributed by atoms with Gasteiger partial charge in [0.2, 0.25) is 5.91 Å². The number of phenolic OH excluding ortho intramolecular Hbond substituents is 3. The number of piperazine rings is 1. The van der Waals surface area contributed by atoms with E-state index in [1.54, 1.807) is 13.2 Å². The number of methoxy groups -OCH3 is 2. The van der Waals surface area contributed by atoms with E-state index in [-0.39, 0.29) is 42.2 Å². The number of fused-ring (bicyclic) bond motifs is 7. The maximum Gasteiger partial charge on any atom is 0.216 e. The summed E-state index contributed by atoms with van der Waals surface area (Å²) in [4.78, 5) is 16.0. The smallest absolute Gasteiger partial charge is 0.216 e. The van der Waals surface area contributed by atoms with Gasteiger partial charge < -0.3 is 39.7 Å². The van der Waals surface area contributed by atoms with E-state index >= 15 is 0 Å². The Kier molecular flexibility index (Phi) is 6.94. The quantitative estimate of drug-likeness (QED) is 0.240. The van der Waals surface area contributed by atoms with Crippen molar-refractivity contribution in [3.63, 3.8) is 0 Å². The molecule has 3 aliphatic rings. The molecular weight excluding hydrogens is 516 g/mol. The standard InChI is InChI=1S/C29H34N4O7/c1-13-7-16-8-18-20(10-30)33-19(24(32(18)4)22(16)29(28(13)39-6)40-12-38-5)9-17-23(21(33)11-31-15(3)34)27(37)26(36)14(2)25(17)35/h7,9,18,20-21,24,35-37H,8,11-12H2,1-6H3,(H,31,34)/t18-,20-,21-,24+/m0/s1. The van der Waals surface area contributed by atoms with Gasteiger partial charge in [-0.2, -0.15) is 5.26 Å². The molecule has 0 aliphatic carbocycles. The van der Waals surface area contributed by atoms with Crippen LogP contribution in [0.4, 0.5) is 0 Å². The van der Waals surface area contributed by atoms with E-state index in [2.05, 4.69) is 22.4 Å². The van der Waals surface area contributed by atoms with E-state index < -0.39 is 29.6 Å². The number of benzene rings is 2. The second kappa shape index (κ2) is 10.1. The Morgan fingerprint density at radius 1 is 1.15 bits per heavy atom. The number of carbonyl (C=O) groups excluding carboxylic acids is 1. The van der Waals surface area contributed by atoms with Gasteiger partial charge in [-0.1, -0.05) is 6.07 Å². The van der Waals surface area contributed by atoms with Crippen LogP contribution in [0.25, 0.3) is 6.08 Å². The summed E-state index contributed by atoms with van der Waals surface area (Å²) in [7, 11) is 5.07. The zero-order chi connectivity index (χ0) is 29.0. The van der Waals surface area contributed by atoms with E-state index in [4.69, 9.17) is 14.2 Å². The molecule has 2 aromatic carbocycles. The van der Waals surface area contributed by atoms with Gasteiger partial charge in [-0.15, -0.1) is 0 Å². The number of aromatic hydroxyl groups is 3. The summed E-state index contributed by atoms with van der Waals surface area (Å²) >= 11 is 0. The molecule has 2 bridgehead atoms. The van der Waals surface area contributed by atoms with Crippen molar-refractivity contribution in [1.82, 2.24) is 15.1 Å². The predicted octanol–water partition coefficient (Wildman–Crippen LogP) is 2.75. The van der Waals surface area contributed by atoms with E-state index in [9.17, 15) is 25.4 Å². The molecule has 40 heavy (non-hydrogen) atoms. The number of phenols is 3. The highest BCUT2D eigenvalue weighted by Crippen LogP contribution is 2.58. The fraction of sp³-hybridized carbons (Fsp3) is 0.448. The lowest BCUT2D eigenvalue weighted by atomic mass is 9.75. The molecule has 3 heterocycles. The number of rotatable bonds is 6. The Labute approximate surface area is 232 Å². The number of ether oxygens (including phenoxy) is 3.